The molecule has 0 unspecified atom stereocenters. The Bertz CT molecular complexity index is 421. The Hall–Kier alpha value is -1.36. The number of aryl methyl sites for hydroxylation is 1. The first-order chi connectivity index (χ1) is 7.93. The molecule has 0 aliphatic heterocycles. The van der Waals surface area contributed by atoms with Crippen LogP contribution in [0.25, 0.3) is 0 Å². The van der Waals surface area contributed by atoms with Gasteiger partial charge in [-0.1, -0.05) is 0 Å². The zero-order valence-corrected chi connectivity index (χ0v) is 9.80. The minimum atomic E-state index is -2.91. The highest BCUT2D eigenvalue weighted by molar-refractivity contribution is 6.17. The number of benzene rings is 1. The number of halogens is 3. The highest BCUT2D eigenvalue weighted by Crippen LogP contribution is 2.25. The Morgan fingerprint density at radius 3 is 2.65 bits per heavy atom. The zero-order chi connectivity index (χ0) is 13.0. The molecule has 0 fully saturated rings. The first-order valence-electron chi connectivity index (χ1n) is 4.79. The number of carboxylic acid groups (broad SMARTS) is 1. The third kappa shape index (κ3) is 3.85. The standard InChI is InChI=1S/C11H11ClF2O3/c1-6-2-8(17-11(13)14)3-7(5-12)9(6)4-10(15)16/h2-3,11H,4-5H2,1H3,(H,15,16). The van der Waals surface area contributed by atoms with Crippen LogP contribution in [0.3, 0.4) is 0 Å². The molecule has 0 heterocycles. The van der Waals surface area contributed by atoms with Crippen molar-refractivity contribution in [2.24, 2.45) is 0 Å². The van der Waals surface area contributed by atoms with Crippen molar-refractivity contribution in [2.45, 2.75) is 25.8 Å². The summed E-state index contributed by atoms with van der Waals surface area (Å²) >= 11 is 5.66. The molecule has 0 spiro atoms. The first-order valence-corrected chi connectivity index (χ1v) is 5.32. The fourth-order valence-corrected chi connectivity index (χ4v) is 1.79. The van der Waals surface area contributed by atoms with Crippen molar-refractivity contribution in [3.63, 3.8) is 0 Å². The Morgan fingerprint density at radius 1 is 1.53 bits per heavy atom. The molecule has 17 heavy (non-hydrogen) atoms. The van der Waals surface area contributed by atoms with Crippen molar-refractivity contribution < 1.29 is 23.4 Å². The van der Waals surface area contributed by atoms with Crippen LogP contribution in [0.2, 0.25) is 0 Å². The minimum absolute atomic E-state index is 0.0118. The van der Waals surface area contributed by atoms with E-state index in [1.165, 1.54) is 12.1 Å². The Kier molecular flexibility index (Phi) is 4.69. The molecule has 3 nitrogen and oxygen atoms in total. The van der Waals surface area contributed by atoms with Crippen LogP contribution in [0, 0.1) is 6.92 Å². The van der Waals surface area contributed by atoms with Crippen molar-refractivity contribution in [1.82, 2.24) is 0 Å². The molecular weight excluding hydrogens is 254 g/mol. The van der Waals surface area contributed by atoms with E-state index in [1.54, 1.807) is 6.92 Å². The van der Waals surface area contributed by atoms with Gasteiger partial charge in [-0.2, -0.15) is 8.78 Å². The monoisotopic (exact) mass is 264 g/mol. The highest BCUT2D eigenvalue weighted by atomic mass is 35.5. The second-order valence-corrected chi connectivity index (χ2v) is 3.73. The second-order valence-electron chi connectivity index (χ2n) is 3.46. The quantitative estimate of drug-likeness (QED) is 0.832. The second kappa shape index (κ2) is 5.82. The molecule has 1 N–H and O–H groups in total. The van der Waals surface area contributed by atoms with Crippen LogP contribution in [0.4, 0.5) is 8.78 Å². The molecule has 6 heteroatoms. The molecule has 1 aromatic rings. The number of hydrogen-bond donors (Lipinski definition) is 1. The lowest BCUT2D eigenvalue weighted by Gasteiger charge is -2.12. The van der Waals surface area contributed by atoms with Gasteiger partial charge in [-0.25, -0.2) is 0 Å². The summed E-state index contributed by atoms with van der Waals surface area (Å²) in [6.45, 7) is -1.28. The SMILES string of the molecule is Cc1cc(OC(F)F)cc(CCl)c1CC(=O)O. The highest BCUT2D eigenvalue weighted by Gasteiger charge is 2.13. The molecular formula is C11H11ClF2O3. The van der Waals surface area contributed by atoms with Crippen LogP contribution in [0.1, 0.15) is 16.7 Å². The van der Waals surface area contributed by atoms with Crippen molar-refractivity contribution >= 4 is 17.6 Å². The largest absolute Gasteiger partial charge is 0.481 e. The lowest BCUT2D eigenvalue weighted by molar-refractivity contribution is -0.136. The molecule has 0 saturated heterocycles. The maximum Gasteiger partial charge on any atom is 0.387 e. The van der Waals surface area contributed by atoms with Crippen LogP contribution in [-0.4, -0.2) is 17.7 Å². The fraction of sp³-hybridized carbons (Fsp3) is 0.364. The Balaban J connectivity index is 3.11. The van der Waals surface area contributed by atoms with Gasteiger partial charge in [-0.3, -0.25) is 4.79 Å². The molecule has 94 valence electrons. The summed E-state index contributed by atoms with van der Waals surface area (Å²) in [5.74, 6) is -0.964. The molecule has 0 saturated carbocycles. The Labute approximate surface area is 102 Å². The van der Waals surface area contributed by atoms with Crippen LogP contribution < -0.4 is 4.74 Å². The molecule has 0 amide bonds. The van der Waals surface area contributed by atoms with Crippen LogP contribution in [0.15, 0.2) is 12.1 Å². The van der Waals surface area contributed by atoms with E-state index in [-0.39, 0.29) is 18.1 Å². The summed E-state index contributed by atoms with van der Waals surface area (Å²) < 4.78 is 28.4. The van der Waals surface area contributed by atoms with E-state index in [4.69, 9.17) is 16.7 Å². The van der Waals surface area contributed by atoms with Crippen molar-refractivity contribution in [3.8, 4) is 5.75 Å². The molecule has 0 bridgehead atoms. The molecule has 1 rings (SSSR count). The van der Waals surface area contributed by atoms with Crippen molar-refractivity contribution in [3.05, 3.63) is 28.8 Å². The summed E-state index contributed by atoms with van der Waals surface area (Å²) in [6, 6.07) is 2.71. The van der Waals surface area contributed by atoms with E-state index in [1.807, 2.05) is 0 Å². The molecule has 0 radical (unpaired) electrons. The first kappa shape index (κ1) is 13.7. The number of carbonyl (C=O) groups is 1. The lowest BCUT2D eigenvalue weighted by Crippen LogP contribution is -2.07. The number of aliphatic carboxylic acids is 1. The number of rotatable bonds is 5. The van der Waals surface area contributed by atoms with Gasteiger partial charge in [0.2, 0.25) is 0 Å². The fourth-order valence-electron chi connectivity index (χ4n) is 1.55. The Morgan fingerprint density at radius 2 is 2.18 bits per heavy atom. The molecule has 0 aliphatic rings. The van der Waals surface area contributed by atoms with Gasteiger partial charge < -0.3 is 9.84 Å². The molecule has 0 atom stereocenters. The van der Waals surface area contributed by atoms with Gasteiger partial charge in [0.1, 0.15) is 5.75 Å². The van der Waals surface area contributed by atoms with Gasteiger partial charge in [0.15, 0.2) is 0 Å². The zero-order valence-electron chi connectivity index (χ0n) is 9.04. The maximum atomic E-state index is 12.0. The van der Waals surface area contributed by atoms with E-state index in [9.17, 15) is 13.6 Å². The van der Waals surface area contributed by atoms with E-state index < -0.39 is 12.6 Å². The smallest absolute Gasteiger partial charge is 0.387 e. The van der Waals surface area contributed by atoms with Gasteiger partial charge in [-0.15, -0.1) is 11.6 Å². The lowest BCUT2D eigenvalue weighted by atomic mass is 9.99. The summed E-state index contributed by atoms with van der Waals surface area (Å²) in [5, 5.41) is 8.73. The predicted molar refractivity (Wildman–Crippen MR) is 58.7 cm³/mol. The van der Waals surface area contributed by atoms with Crippen LogP contribution in [0.5, 0.6) is 5.75 Å². The van der Waals surface area contributed by atoms with Crippen LogP contribution >= 0.6 is 11.6 Å². The van der Waals surface area contributed by atoms with E-state index in [0.717, 1.165) is 0 Å². The molecule has 0 aromatic heterocycles. The van der Waals surface area contributed by atoms with Gasteiger partial charge in [0.05, 0.1) is 6.42 Å². The van der Waals surface area contributed by atoms with Crippen molar-refractivity contribution in [2.75, 3.05) is 0 Å². The topological polar surface area (TPSA) is 46.5 Å². The van der Waals surface area contributed by atoms with Gasteiger partial charge in [-0.05, 0) is 35.7 Å². The molecule has 0 aliphatic carbocycles. The third-order valence-electron chi connectivity index (χ3n) is 2.24. The predicted octanol–water partition coefficient (Wildman–Crippen LogP) is 2.96. The van der Waals surface area contributed by atoms with E-state index >= 15 is 0 Å². The number of hydrogen-bond acceptors (Lipinski definition) is 2. The number of ether oxygens (including phenoxy) is 1. The molecule has 1 aromatic carbocycles. The third-order valence-corrected chi connectivity index (χ3v) is 2.52. The average molecular weight is 265 g/mol. The number of carboxylic acids is 1. The maximum absolute atomic E-state index is 12.0. The minimum Gasteiger partial charge on any atom is -0.481 e. The summed E-state index contributed by atoms with van der Waals surface area (Å²) in [4.78, 5) is 10.7. The summed E-state index contributed by atoms with van der Waals surface area (Å²) in [7, 11) is 0. The normalized spacial score (nSPS) is 10.6. The van der Waals surface area contributed by atoms with Gasteiger partial charge in [0.25, 0.3) is 0 Å². The van der Waals surface area contributed by atoms with E-state index in [0.29, 0.717) is 16.7 Å². The number of alkyl halides is 3. The average Bonchev–Trinajstić information content (AvgIpc) is 2.20. The summed E-state index contributed by atoms with van der Waals surface area (Å²) in [6.07, 6.45) is -0.192. The van der Waals surface area contributed by atoms with E-state index in [2.05, 4.69) is 4.74 Å². The summed E-state index contributed by atoms with van der Waals surface area (Å²) in [5.41, 5.74) is 1.60. The van der Waals surface area contributed by atoms with Crippen LogP contribution in [-0.2, 0) is 17.1 Å². The van der Waals surface area contributed by atoms with Gasteiger partial charge >= 0.3 is 12.6 Å². The van der Waals surface area contributed by atoms with Crippen molar-refractivity contribution in [1.29, 1.82) is 0 Å². The van der Waals surface area contributed by atoms with Gasteiger partial charge in [0, 0.05) is 5.88 Å².